The van der Waals surface area contributed by atoms with Crippen LogP contribution in [-0.4, -0.2) is 11.7 Å². The highest BCUT2D eigenvalue weighted by molar-refractivity contribution is 6.30. The molecule has 0 amide bonds. The summed E-state index contributed by atoms with van der Waals surface area (Å²) >= 11 is 5.86. The predicted octanol–water partition coefficient (Wildman–Crippen LogP) is 2.74. The first kappa shape index (κ1) is 9.04. The van der Waals surface area contributed by atoms with Crippen molar-refractivity contribution in [3.8, 4) is 0 Å². The molecule has 13 heavy (non-hydrogen) atoms. The average molecular weight is 197 g/mol. The van der Waals surface area contributed by atoms with Crippen LogP contribution in [0.25, 0.3) is 0 Å². The fraction of sp³-hybridized carbons (Fsp3) is 0.455. The van der Waals surface area contributed by atoms with E-state index in [1.807, 2.05) is 12.1 Å². The van der Waals surface area contributed by atoms with Crippen LogP contribution in [0.4, 0.5) is 0 Å². The molecule has 1 saturated carbocycles. The van der Waals surface area contributed by atoms with Crippen LogP contribution in [0.2, 0.25) is 5.02 Å². The molecule has 2 rings (SSSR count). The Kier molecular flexibility index (Phi) is 2.31. The normalized spacial score (nSPS) is 26.1. The fourth-order valence-corrected chi connectivity index (χ4v) is 2.11. The van der Waals surface area contributed by atoms with E-state index in [-0.39, 0.29) is 0 Å². The zero-order chi connectivity index (χ0) is 9.42. The number of aryl methyl sites for hydroxylation is 1. The highest BCUT2D eigenvalue weighted by Gasteiger charge is 2.38. The fourth-order valence-electron chi connectivity index (χ4n) is 1.89. The third-order valence-electron chi connectivity index (χ3n) is 2.79. The highest BCUT2D eigenvalue weighted by Crippen LogP contribution is 2.48. The lowest BCUT2D eigenvalue weighted by Crippen LogP contribution is -1.91. The van der Waals surface area contributed by atoms with E-state index < -0.39 is 0 Å². The molecule has 1 aliphatic rings. The van der Waals surface area contributed by atoms with Gasteiger partial charge in [0.15, 0.2) is 0 Å². The molecule has 1 N–H and O–H groups in total. The van der Waals surface area contributed by atoms with E-state index in [0.717, 1.165) is 11.4 Å². The van der Waals surface area contributed by atoms with Gasteiger partial charge in [-0.25, -0.2) is 0 Å². The van der Waals surface area contributed by atoms with E-state index >= 15 is 0 Å². The summed E-state index contributed by atoms with van der Waals surface area (Å²) in [6.07, 6.45) is 1.12. The maximum atomic E-state index is 8.96. The summed E-state index contributed by atoms with van der Waals surface area (Å²) < 4.78 is 0. The molecular formula is C11H13ClO. The number of benzene rings is 1. The van der Waals surface area contributed by atoms with Gasteiger partial charge in [0.2, 0.25) is 0 Å². The minimum Gasteiger partial charge on any atom is -0.396 e. The number of aliphatic hydroxyl groups is 1. The summed E-state index contributed by atoms with van der Waals surface area (Å²) in [6.45, 7) is 2.39. The third-order valence-corrected chi connectivity index (χ3v) is 3.02. The number of hydrogen-bond acceptors (Lipinski definition) is 1. The zero-order valence-electron chi connectivity index (χ0n) is 7.63. The molecule has 2 atom stereocenters. The minimum absolute atomic E-state index is 0.312. The Morgan fingerprint density at radius 3 is 2.85 bits per heavy atom. The van der Waals surface area contributed by atoms with Gasteiger partial charge in [-0.05, 0) is 48.4 Å². The Morgan fingerprint density at radius 1 is 1.54 bits per heavy atom. The van der Waals surface area contributed by atoms with Crippen LogP contribution in [0.1, 0.15) is 23.5 Å². The van der Waals surface area contributed by atoms with Crippen LogP contribution < -0.4 is 0 Å². The molecule has 1 fully saturated rings. The van der Waals surface area contributed by atoms with Gasteiger partial charge in [0, 0.05) is 11.6 Å². The van der Waals surface area contributed by atoms with Gasteiger partial charge in [0.05, 0.1) is 0 Å². The van der Waals surface area contributed by atoms with Gasteiger partial charge in [0.1, 0.15) is 0 Å². The monoisotopic (exact) mass is 196 g/mol. The van der Waals surface area contributed by atoms with E-state index in [1.54, 1.807) is 0 Å². The van der Waals surface area contributed by atoms with Crippen molar-refractivity contribution in [1.82, 2.24) is 0 Å². The van der Waals surface area contributed by atoms with Crippen LogP contribution in [0.3, 0.4) is 0 Å². The molecule has 0 aliphatic heterocycles. The van der Waals surface area contributed by atoms with Crippen molar-refractivity contribution in [1.29, 1.82) is 0 Å². The second-order valence-corrected chi connectivity index (χ2v) is 4.22. The lowest BCUT2D eigenvalue weighted by molar-refractivity contribution is 0.274. The molecule has 0 spiro atoms. The average Bonchev–Trinajstić information content (AvgIpc) is 2.83. The first-order valence-corrected chi connectivity index (χ1v) is 4.97. The number of hydrogen-bond donors (Lipinski definition) is 1. The van der Waals surface area contributed by atoms with E-state index in [4.69, 9.17) is 16.7 Å². The Balaban J connectivity index is 2.22. The van der Waals surface area contributed by atoms with Crippen molar-refractivity contribution >= 4 is 11.6 Å². The van der Waals surface area contributed by atoms with E-state index in [2.05, 4.69) is 13.0 Å². The van der Waals surface area contributed by atoms with Crippen LogP contribution in [0, 0.1) is 12.8 Å². The molecule has 0 heterocycles. The van der Waals surface area contributed by atoms with Crippen LogP contribution in [0.15, 0.2) is 18.2 Å². The summed E-state index contributed by atoms with van der Waals surface area (Å²) in [7, 11) is 0. The Bertz CT molecular complexity index is 322. The molecule has 0 aromatic heterocycles. The molecule has 0 radical (unpaired) electrons. The SMILES string of the molecule is Cc1cc(Cl)ccc1C1CC1CO. The molecule has 1 aromatic carbocycles. The van der Waals surface area contributed by atoms with Crippen molar-refractivity contribution in [2.75, 3.05) is 6.61 Å². The Hall–Kier alpha value is -0.530. The number of halogens is 1. The van der Waals surface area contributed by atoms with Gasteiger partial charge in [-0.3, -0.25) is 0 Å². The summed E-state index contributed by atoms with van der Waals surface area (Å²) in [5.74, 6) is 1.06. The smallest absolute Gasteiger partial charge is 0.0465 e. The molecule has 2 unspecified atom stereocenters. The van der Waals surface area contributed by atoms with Crippen molar-refractivity contribution in [3.63, 3.8) is 0 Å². The molecule has 0 bridgehead atoms. The molecule has 1 aromatic rings. The minimum atomic E-state index is 0.312. The number of aliphatic hydroxyl groups excluding tert-OH is 1. The first-order chi connectivity index (χ1) is 6.22. The van der Waals surface area contributed by atoms with Gasteiger partial charge in [0.25, 0.3) is 0 Å². The Labute approximate surface area is 83.3 Å². The third kappa shape index (κ3) is 1.72. The molecule has 1 aliphatic carbocycles. The second kappa shape index (κ2) is 3.32. The number of rotatable bonds is 2. The maximum Gasteiger partial charge on any atom is 0.0465 e. The maximum absolute atomic E-state index is 8.96. The lowest BCUT2D eigenvalue weighted by Gasteiger charge is -2.04. The summed E-state index contributed by atoms with van der Waals surface area (Å²) in [5.41, 5.74) is 2.59. The van der Waals surface area contributed by atoms with Gasteiger partial charge >= 0.3 is 0 Å². The summed E-state index contributed by atoms with van der Waals surface area (Å²) in [5, 5.41) is 9.75. The van der Waals surface area contributed by atoms with Gasteiger partial charge in [-0.15, -0.1) is 0 Å². The van der Waals surface area contributed by atoms with Crippen LogP contribution in [0.5, 0.6) is 0 Å². The zero-order valence-corrected chi connectivity index (χ0v) is 8.38. The quantitative estimate of drug-likeness (QED) is 0.771. The standard InChI is InChI=1S/C11H13ClO/c1-7-4-9(12)2-3-10(7)11-5-8(11)6-13/h2-4,8,11,13H,5-6H2,1H3. The summed E-state index contributed by atoms with van der Waals surface area (Å²) in [4.78, 5) is 0. The van der Waals surface area contributed by atoms with Crippen molar-refractivity contribution in [2.24, 2.45) is 5.92 Å². The molecule has 1 nitrogen and oxygen atoms in total. The van der Waals surface area contributed by atoms with Gasteiger partial charge in [-0.1, -0.05) is 17.7 Å². The molecule has 0 saturated heterocycles. The van der Waals surface area contributed by atoms with Crippen LogP contribution in [-0.2, 0) is 0 Å². The van der Waals surface area contributed by atoms with E-state index in [0.29, 0.717) is 18.4 Å². The molecule has 70 valence electrons. The van der Waals surface area contributed by atoms with Gasteiger partial charge < -0.3 is 5.11 Å². The molecular weight excluding hydrogens is 184 g/mol. The first-order valence-electron chi connectivity index (χ1n) is 4.59. The topological polar surface area (TPSA) is 20.2 Å². The summed E-state index contributed by atoms with van der Waals surface area (Å²) in [6, 6.07) is 6.00. The van der Waals surface area contributed by atoms with Crippen LogP contribution >= 0.6 is 11.6 Å². The van der Waals surface area contributed by atoms with Gasteiger partial charge in [-0.2, -0.15) is 0 Å². The van der Waals surface area contributed by atoms with E-state index in [9.17, 15) is 0 Å². The highest BCUT2D eigenvalue weighted by atomic mass is 35.5. The Morgan fingerprint density at radius 2 is 2.31 bits per heavy atom. The van der Waals surface area contributed by atoms with Crippen molar-refractivity contribution in [2.45, 2.75) is 19.3 Å². The largest absolute Gasteiger partial charge is 0.396 e. The van der Waals surface area contributed by atoms with E-state index in [1.165, 1.54) is 11.1 Å². The lowest BCUT2D eigenvalue weighted by atomic mass is 10.0. The van der Waals surface area contributed by atoms with Crippen molar-refractivity contribution in [3.05, 3.63) is 34.3 Å². The van der Waals surface area contributed by atoms with Crippen molar-refractivity contribution < 1.29 is 5.11 Å². The predicted molar refractivity (Wildman–Crippen MR) is 54.1 cm³/mol. The second-order valence-electron chi connectivity index (χ2n) is 3.79. The molecule has 2 heteroatoms.